The van der Waals surface area contributed by atoms with Gasteiger partial charge in [0.2, 0.25) is 0 Å². The highest BCUT2D eigenvalue weighted by Gasteiger charge is 2.12. The van der Waals surface area contributed by atoms with Gasteiger partial charge in [0, 0.05) is 5.56 Å². The van der Waals surface area contributed by atoms with Crippen molar-refractivity contribution in [2.75, 3.05) is 13.7 Å². The van der Waals surface area contributed by atoms with Gasteiger partial charge in [-0.2, -0.15) is 5.10 Å². The summed E-state index contributed by atoms with van der Waals surface area (Å²) in [5, 5.41) is 7.11. The summed E-state index contributed by atoms with van der Waals surface area (Å²) in [5.41, 5.74) is 9.94. The smallest absolute Gasteiger partial charge is 0.128 e. The molecule has 0 aliphatic carbocycles. The van der Waals surface area contributed by atoms with Crippen LogP contribution in [0.2, 0.25) is 0 Å². The molecule has 0 amide bonds. The minimum Gasteiger partial charge on any atom is -0.496 e. The quantitative estimate of drug-likeness (QED) is 0.844. The molecular weight excluding hydrogens is 214 g/mol. The molecule has 4 nitrogen and oxygen atoms in total. The summed E-state index contributed by atoms with van der Waals surface area (Å²) in [6.45, 7) is 2.67. The number of aromatic amines is 1. The van der Waals surface area contributed by atoms with E-state index in [-0.39, 0.29) is 0 Å². The Morgan fingerprint density at radius 2 is 2.24 bits per heavy atom. The van der Waals surface area contributed by atoms with Crippen molar-refractivity contribution < 1.29 is 4.74 Å². The Morgan fingerprint density at radius 3 is 2.94 bits per heavy atom. The number of ether oxygens (including phenoxy) is 1. The fraction of sp³-hybridized carbons (Fsp3) is 0.308. The SMILES string of the molecule is COc1ccc(C)cc1-c1[nH]ncc1CCN. The molecule has 0 saturated carbocycles. The lowest BCUT2D eigenvalue weighted by atomic mass is 10.0. The molecule has 1 aromatic heterocycles. The Labute approximate surface area is 101 Å². The summed E-state index contributed by atoms with van der Waals surface area (Å²) in [7, 11) is 1.67. The fourth-order valence-corrected chi connectivity index (χ4v) is 1.91. The van der Waals surface area contributed by atoms with Gasteiger partial charge in [0.25, 0.3) is 0 Å². The van der Waals surface area contributed by atoms with E-state index in [0.29, 0.717) is 6.54 Å². The summed E-state index contributed by atoms with van der Waals surface area (Å²) in [6.07, 6.45) is 2.63. The molecule has 2 rings (SSSR count). The molecule has 0 aliphatic heterocycles. The van der Waals surface area contributed by atoms with E-state index in [0.717, 1.165) is 29.0 Å². The molecule has 0 radical (unpaired) electrons. The van der Waals surface area contributed by atoms with Gasteiger partial charge < -0.3 is 10.5 Å². The van der Waals surface area contributed by atoms with Crippen molar-refractivity contribution in [1.82, 2.24) is 10.2 Å². The number of hydrogen-bond donors (Lipinski definition) is 2. The lowest BCUT2D eigenvalue weighted by Crippen LogP contribution is -2.03. The maximum atomic E-state index is 5.59. The first-order chi connectivity index (χ1) is 8.26. The highest BCUT2D eigenvalue weighted by Crippen LogP contribution is 2.31. The van der Waals surface area contributed by atoms with Crippen molar-refractivity contribution in [3.8, 4) is 17.0 Å². The molecule has 4 heteroatoms. The minimum absolute atomic E-state index is 0.612. The predicted molar refractivity (Wildman–Crippen MR) is 68.1 cm³/mol. The maximum Gasteiger partial charge on any atom is 0.128 e. The molecule has 0 aliphatic rings. The monoisotopic (exact) mass is 231 g/mol. The number of hydrogen-bond acceptors (Lipinski definition) is 3. The zero-order valence-corrected chi connectivity index (χ0v) is 10.2. The van der Waals surface area contributed by atoms with Crippen LogP contribution in [0.15, 0.2) is 24.4 Å². The van der Waals surface area contributed by atoms with Gasteiger partial charge in [0.1, 0.15) is 5.75 Å². The van der Waals surface area contributed by atoms with E-state index in [1.165, 1.54) is 5.56 Å². The van der Waals surface area contributed by atoms with Gasteiger partial charge in [0.15, 0.2) is 0 Å². The van der Waals surface area contributed by atoms with Crippen LogP contribution < -0.4 is 10.5 Å². The van der Waals surface area contributed by atoms with E-state index < -0.39 is 0 Å². The van der Waals surface area contributed by atoms with E-state index in [9.17, 15) is 0 Å². The summed E-state index contributed by atoms with van der Waals surface area (Å²) in [5.74, 6) is 0.845. The van der Waals surface area contributed by atoms with Crippen LogP contribution in [0.3, 0.4) is 0 Å². The lowest BCUT2D eigenvalue weighted by molar-refractivity contribution is 0.416. The molecule has 90 valence electrons. The summed E-state index contributed by atoms with van der Waals surface area (Å²) in [6, 6.07) is 6.09. The topological polar surface area (TPSA) is 63.9 Å². The van der Waals surface area contributed by atoms with Crippen LogP contribution in [-0.2, 0) is 6.42 Å². The molecule has 0 atom stereocenters. The molecule has 0 bridgehead atoms. The molecule has 1 aromatic carbocycles. The molecular formula is C13H17N3O. The number of nitrogens with zero attached hydrogens (tertiary/aromatic N) is 1. The Hall–Kier alpha value is -1.81. The van der Waals surface area contributed by atoms with Gasteiger partial charge in [-0.3, -0.25) is 5.10 Å². The third kappa shape index (κ3) is 2.31. The van der Waals surface area contributed by atoms with Crippen LogP contribution in [-0.4, -0.2) is 23.9 Å². The maximum absolute atomic E-state index is 5.59. The number of rotatable bonds is 4. The Balaban J connectivity index is 2.51. The van der Waals surface area contributed by atoms with Crippen molar-refractivity contribution >= 4 is 0 Å². The molecule has 3 N–H and O–H groups in total. The third-order valence-corrected chi connectivity index (χ3v) is 2.76. The molecule has 17 heavy (non-hydrogen) atoms. The second-order valence-corrected chi connectivity index (χ2v) is 4.01. The van der Waals surface area contributed by atoms with Gasteiger partial charge in [-0.05, 0) is 37.6 Å². The highest BCUT2D eigenvalue weighted by atomic mass is 16.5. The fourth-order valence-electron chi connectivity index (χ4n) is 1.91. The Morgan fingerprint density at radius 1 is 1.41 bits per heavy atom. The minimum atomic E-state index is 0.612. The average molecular weight is 231 g/mol. The molecule has 0 saturated heterocycles. The number of H-pyrrole nitrogens is 1. The standard InChI is InChI=1S/C13H17N3O/c1-9-3-4-12(17-2)11(7-9)13-10(5-6-14)8-15-16-13/h3-4,7-8H,5-6,14H2,1-2H3,(H,15,16). The van der Waals surface area contributed by atoms with E-state index in [1.54, 1.807) is 7.11 Å². The van der Waals surface area contributed by atoms with Crippen molar-refractivity contribution in [2.45, 2.75) is 13.3 Å². The normalized spacial score (nSPS) is 10.5. The lowest BCUT2D eigenvalue weighted by Gasteiger charge is -2.09. The third-order valence-electron chi connectivity index (χ3n) is 2.76. The van der Waals surface area contributed by atoms with E-state index >= 15 is 0 Å². The molecule has 2 aromatic rings. The van der Waals surface area contributed by atoms with Gasteiger partial charge in [-0.15, -0.1) is 0 Å². The van der Waals surface area contributed by atoms with E-state index in [2.05, 4.69) is 23.2 Å². The highest BCUT2D eigenvalue weighted by molar-refractivity contribution is 5.70. The molecule has 0 fully saturated rings. The molecule has 0 spiro atoms. The zero-order valence-electron chi connectivity index (χ0n) is 10.2. The number of aromatic nitrogens is 2. The number of nitrogens with two attached hydrogens (primary N) is 1. The number of aryl methyl sites for hydroxylation is 1. The van der Waals surface area contributed by atoms with Crippen LogP contribution in [0.5, 0.6) is 5.75 Å². The van der Waals surface area contributed by atoms with Crippen molar-refractivity contribution in [3.05, 3.63) is 35.5 Å². The largest absolute Gasteiger partial charge is 0.496 e. The van der Waals surface area contributed by atoms with E-state index in [1.807, 2.05) is 18.3 Å². The second kappa shape index (κ2) is 5.01. The van der Waals surface area contributed by atoms with Crippen LogP contribution >= 0.6 is 0 Å². The van der Waals surface area contributed by atoms with Crippen LogP contribution in [0, 0.1) is 6.92 Å². The molecule has 0 unspecified atom stereocenters. The van der Waals surface area contributed by atoms with Crippen molar-refractivity contribution in [2.24, 2.45) is 5.73 Å². The summed E-state index contributed by atoms with van der Waals surface area (Å²) >= 11 is 0. The number of methoxy groups -OCH3 is 1. The predicted octanol–water partition coefficient (Wildman–Crippen LogP) is 1.89. The van der Waals surface area contributed by atoms with Crippen LogP contribution in [0.1, 0.15) is 11.1 Å². The first kappa shape index (κ1) is 11.7. The Kier molecular flexibility index (Phi) is 3.44. The van der Waals surface area contributed by atoms with Gasteiger partial charge in [-0.1, -0.05) is 11.6 Å². The van der Waals surface area contributed by atoms with Gasteiger partial charge in [0.05, 0.1) is 19.0 Å². The molecule has 1 heterocycles. The first-order valence-corrected chi connectivity index (χ1v) is 5.63. The van der Waals surface area contributed by atoms with Gasteiger partial charge >= 0.3 is 0 Å². The first-order valence-electron chi connectivity index (χ1n) is 5.63. The van der Waals surface area contributed by atoms with E-state index in [4.69, 9.17) is 10.5 Å². The van der Waals surface area contributed by atoms with Crippen molar-refractivity contribution in [3.63, 3.8) is 0 Å². The Bertz CT molecular complexity index is 505. The second-order valence-electron chi connectivity index (χ2n) is 4.01. The van der Waals surface area contributed by atoms with Crippen LogP contribution in [0.4, 0.5) is 0 Å². The summed E-state index contributed by atoms with van der Waals surface area (Å²) < 4.78 is 5.38. The number of benzene rings is 1. The van der Waals surface area contributed by atoms with Crippen LogP contribution in [0.25, 0.3) is 11.3 Å². The average Bonchev–Trinajstić information content (AvgIpc) is 2.77. The van der Waals surface area contributed by atoms with Gasteiger partial charge in [-0.25, -0.2) is 0 Å². The van der Waals surface area contributed by atoms with Crippen molar-refractivity contribution in [1.29, 1.82) is 0 Å². The zero-order chi connectivity index (χ0) is 12.3. The number of nitrogens with one attached hydrogen (secondary N) is 1. The summed E-state index contributed by atoms with van der Waals surface area (Å²) in [4.78, 5) is 0.